The van der Waals surface area contributed by atoms with E-state index >= 15 is 0 Å². The van der Waals surface area contributed by atoms with E-state index in [1.807, 2.05) is 20.2 Å². The number of rotatable bonds is 7. The van der Waals surface area contributed by atoms with Crippen molar-refractivity contribution in [3.8, 4) is 0 Å². The quantitative estimate of drug-likeness (QED) is 0.852. The number of carbonyl (C=O) groups is 1. The second-order valence-corrected chi connectivity index (χ2v) is 5.56. The molecule has 0 aliphatic heterocycles. The molecule has 0 spiro atoms. The molecule has 6 heteroatoms. The van der Waals surface area contributed by atoms with Gasteiger partial charge in [0.1, 0.15) is 11.9 Å². The smallest absolute Gasteiger partial charge is 0.244 e. The minimum atomic E-state index is -0.435. The minimum Gasteiger partial charge on any atom is -0.337 e. The van der Waals surface area contributed by atoms with Gasteiger partial charge in [0.15, 0.2) is 0 Å². The van der Waals surface area contributed by atoms with E-state index in [-0.39, 0.29) is 11.7 Å². The van der Waals surface area contributed by atoms with Crippen molar-refractivity contribution in [2.75, 3.05) is 13.6 Å². The number of likely N-dealkylation sites (N-methyl/N-ethyl adjacent to an activating group) is 1. The molecule has 1 heterocycles. The van der Waals surface area contributed by atoms with E-state index in [0.717, 1.165) is 17.5 Å². The SMILES string of the molecule is CCCN(Cc1ccc(F)cc1)C(=O)C(NC)c1cnn(C)c1. The number of amides is 1. The topological polar surface area (TPSA) is 50.2 Å². The lowest BCUT2D eigenvalue weighted by Crippen LogP contribution is -2.39. The van der Waals surface area contributed by atoms with E-state index in [4.69, 9.17) is 0 Å². The van der Waals surface area contributed by atoms with Gasteiger partial charge < -0.3 is 10.2 Å². The average molecular weight is 318 g/mol. The standard InChI is InChI=1S/C17H23FN4O/c1-4-9-22(11-13-5-7-15(18)8-6-13)17(23)16(19-2)14-10-20-21(3)12-14/h5-8,10,12,16,19H,4,9,11H2,1-3H3. The van der Waals surface area contributed by atoms with Crippen LogP contribution in [-0.4, -0.2) is 34.2 Å². The van der Waals surface area contributed by atoms with Crippen LogP contribution in [0, 0.1) is 5.82 Å². The summed E-state index contributed by atoms with van der Waals surface area (Å²) < 4.78 is 14.7. The molecule has 1 aromatic heterocycles. The van der Waals surface area contributed by atoms with E-state index in [1.54, 1.807) is 35.0 Å². The summed E-state index contributed by atoms with van der Waals surface area (Å²) in [5, 5.41) is 7.19. The van der Waals surface area contributed by atoms with Gasteiger partial charge in [-0.15, -0.1) is 0 Å². The minimum absolute atomic E-state index is 0.00771. The number of aromatic nitrogens is 2. The van der Waals surface area contributed by atoms with Crippen molar-refractivity contribution in [1.82, 2.24) is 20.0 Å². The fourth-order valence-corrected chi connectivity index (χ4v) is 2.55. The van der Waals surface area contributed by atoms with Crippen LogP contribution in [0.15, 0.2) is 36.7 Å². The van der Waals surface area contributed by atoms with Crippen molar-refractivity contribution in [3.05, 3.63) is 53.6 Å². The molecule has 1 aromatic carbocycles. The Hall–Kier alpha value is -2.21. The molecule has 0 saturated heterocycles. The lowest BCUT2D eigenvalue weighted by Gasteiger charge is -2.26. The van der Waals surface area contributed by atoms with Gasteiger partial charge in [-0.3, -0.25) is 9.48 Å². The number of benzene rings is 1. The molecule has 2 rings (SSSR count). The highest BCUT2D eigenvalue weighted by atomic mass is 19.1. The lowest BCUT2D eigenvalue weighted by atomic mass is 10.1. The van der Waals surface area contributed by atoms with Crippen LogP contribution < -0.4 is 5.32 Å². The molecule has 0 fully saturated rings. The number of hydrogen-bond acceptors (Lipinski definition) is 3. The van der Waals surface area contributed by atoms with Crippen molar-refractivity contribution in [2.45, 2.75) is 25.9 Å². The predicted octanol–water partition coefficient (Wildman–Crippen LogP) is 2.26. The lowest BCUT2D eigenvalue weighted by molar-refractivity contribution is -0.134. The Bertz CT molecular complexity index is 638. The third kappa shape index (κ3) is 4.39. The van der Waals surface area contributed by atoms with Crippen molar-refractivity contribution >= 4 is 5.91 Å². The van der Waals surface area contributed by atoms with Crippen molar-refractivity contribution in [2.24, 2.45) is 7.05 Å². The van der Waals surface area contributed by atoms with Crippen LogP contribution >= 0.6 is 0 Å². The summed E-state index contributed by atoms with van der Waals surface area (Å²) in [4.78, 5) is 14.7. The Morgan fingerprint density at radius 3 is 2.61 bits per heavy atom. The number of carbonyl (C=O) groups excluding carboxylic acids is 1. The maximum atomic E-state index is 13.0. The zero-order valence-electron chi connectivity index (χ0n) is 13.8. The molecule has 0 radical (unpaired) electrons. The van der Waals surface area contributed by atoms with Gasteiger partial charge in [0.2, 0.25) is 5.91 Å². The van der Waals surface area contributed by atoms with Crippen LogP contribution in [0.5, 0.6) is 0 Å². The highest BCUT2D eigenvalue weighted by molar-refractivity contribution is 5.83. The van der Waals surface area contributed by atoms with Crippen molar-refractivity contribution < 1.29 is 9.18 Å². The molecular weight excluding hydrogens is 295 g/mol. The van der Waals surface area contributed by atoms with E-state index < -0.39 is 6.04 Å². The molecule has 0 aliphatic rings. The molecule has 1 N–H and O–H groups in total. The normalized spacial score (nSPS) is 12.2. The molecule has 1 amide bonds. The van der Waals surface area contributed by atoms with E-state index in [1.165, 1.54) is 12.1 Å². The number of nitrogens with zero attached hydrogens (tertiary/aromatic N) is 3. The number of hydrogen-bond donors (Lipinski definition) is 1. The number of halogens is 1. The Morgan fingerprint density at radius 2 is 2.09 bits per heavy atom. The van der Waals surface area contributed by atoms with Crippen LogP contribution in [0.1, 0.15) is 30.5 Å². The first-order chi connectivity index (χ1) is 11.0. The molecular formula is C17H23FN4O. The van der Waals surface area contributed by atoms with Gasteiger partial charge in [0, 0.05) is 31.9 Å². The highest BCUT2D eigenvalue weighted by Gasteiger charge is 2.25. The molecule has 5 nitrogen and oxygen atoms in total. The second kappa shape index (κ2) is 7.87. The van der Waals surface area contributed by atoms with Gasteiger partial charge >= 0.3 is 0 Å². The van der Waals surface area contributed by atoms with Crippen molar-refractivity contribution in [1.29, 1.82) is 0 Å². The molecule has 0 saturated carbocycles. The summed E-state index contributed by atoms with van der Waals surface area (Å²) in [5.41, 5.74) is 1.74. The largest absolute Gasteiger partial charge is 0.337 e. The maximum Gasteiger partial charge on any atom is 0.244 e. The van der Waals surface area contributed by atoms with Crippen LogP contribution in [0.25, 0.3) is 0 Å². The van der Waals surface area contributed by atoms with Gasteiger partial charge in [-0.2, -0.15) is 5.10 Å². The summed E-state index contributed by atoms with van der Waals surface area (Å²) in [7, 11) is 3.58. The monoisotopic (exact) mass is 318 g/mol. The van der Waals surface area contributed by atoms with E-state index in [0.29, 0.717) is 13.1 Å². The zero-order chi connectivity index (χ0) is 16.8. The summed E-state index contributed by atoms with van der Waals surface area (Å²) in [6, 6.07) is 5.82. The third-order valence-electron chi connectivity index (χ3n) is 3.69. The molecule has 2 aromatic rings. The molecule has 23 heavy (non-hydrogen) atoms. The fourth-order valence-electron chi connectivity index (χ4n) is 2.55. The average Bonchev–Trinajstić information content (AvgIpc) is 2.96. The summed E-state index contributed by atoms with van der Waals surface area (Å²) in [6.45, 7) is 3.14. The van der Waals surface area contributed by atoms with E-state index in [9.17, 15) is 9.18 Å². The Kier molecular flexibility index (Phi) is 5.87. The summed E-state index contributed by atoms with van der Waals surface area (Å²) >= 11 is 0. The van der Waals surface area contributed by atoms with Crippen LogP contribution in [0.3, 0.4) is 0 Å². The second-order valence-electron chi connectivity index (χ2n) is 5.56. The van der Waals surface area contributed by atoms with Gasteiger partial charge in [-0.1, -0.05) is 19.1 Å². The Labute approximate surface area is 136 Å². The molecule has 0 bridgehead atoms. The Morgan fingerprint density at radius 1 is 1.39 bits per heavy atom. The maximum absolute atomic E-state index is 13.0. The van der Waals surface area contributed by atoms with Gasteiger partial charge in [-0.05, 0) is 31.2 Å². The predicted molar refractivity (Wildman–Crippen MR) is 87.1 cm³/mol. The summed E-state index contributed by atoms with van der Waals surface area (Å²) in [6.07, 6.45) is 4.39. The Balaban J connectivity index is 2.17. The highest BCUT2D eigenvalue weighted by Crippen LogP contribution is 2.17. The van der Waals surface area contributed by atoms with Crippen molar-refractivity contribution in [3.63, 3.8) is 0 Å². The zero-order valence-corrected chi connectivity index (χ0v) is 13.8. The fraction of sp³-hybridized carbons (Fsp3) is 0.412. The summed E-state index contributed by atoms with van der Waals surface area (Å²) in [5.74, 6) is -0.280. The molecule has 0 aliphatic carbocycles. The number of nitrogens with one attached hydrogen (secondary N) is 1. The first-order valence-electron chi connectivity index (χ1n) is 7.74. The first kappa shape index (κ1) is 17.1. The van der Waals surface area contributed by atoms with Crippen LogP contribution in [0.4, 0.5) is 4.39 Å². The van der Waals surface area contributed by atoms with Crippen LogP contribution in [-0.2, 0) is 18.4 Å². The first-order valence-corrected chi connectivity index (χ1v) is 7.74. The van der Waals surface area contributed by atoms with Gasteiger partial charge in [0.25, 0.3) is 0 Å². The van der Waals surface area contributed by atoms with Gasteiger partial charge in [-0.25, -0.2) is 4.39 Å². The third-order valence-corrected chi connectivity index (χ3v) is 3.69. The van der Waals surface area contributed by atoms with Gasteiger partial charge in [0.05, 0.1) is 6.20 Å². The molecule has 1 atom stereocenters. The van der Waals surface area contributed by atoms with Crippen LogP contribution in [0.2, 0.25) is 0 Å². The van der Waals surface area contributed by atoms with E-state index in [2.05, 4.69) is 10.4 Å². The molecule has 1 unspecified atom stereocenters. The number of aryl methyl sites for hydroxylation is 1. The molecule has 124 valence electrons.